The molecule has 0 aromatic rings. The van der Waals surface area contributed by atoms with Crippen LogP contribution in [0, 0.1) is 11.8 Å². The average molecular weight is 270 g/mol. The molecule has 0 fully saturated rings. The van der Waals surface area contributed by atoms with Gasteiger partial charge in [-0.2, -0.15) is 0 Å². The highest BCUT2D eigenvalue weighted by Gasteiger charge is 2.33. The highest BCUT2D eigenvalue weighted by molar-refractivity contribution is 5.85. The van der Waals surface area contributed by atoms with Gasteiger partial charge in [0.05, 0.1) is 18.3 Å². The third kappa shape index (κ3) is 6.40. The second kappa shape index (κ2) is 8.91. The molecule has 0 saturated carbocycles. The molecule has 0 rings (SSSR count). The predicted octanol–water partition coefficient (Wildman–Crippen LogP) is 1.17. The number of hydrogen-bond acceptors (Lipinski definition) is 5. The summed E-state index contributed by atoms with van der Waals surface area (Å²) in [6.07, 6.45) is 2.39. The van der Waals surface area contributed by atoms with Crippen molar-refractivity contribution in [1.82, 2.24) is 0 Å². The van der Waals surface area contributed by atoms with E-state index in [1.807, 2.05) is 0 Å². The van der Waals surface area contributed by atoms with Gasteiger partial charge in [0.25, 0.3) is 0 Å². The average Bonchev–Trinajstić information content (AvgIpc) is 2.38. The summed E-state index contributed by atoms with van der Waals surface area (Å²) in [7, 11) is 0. The number of esters is 2. The first kappa shape index (κ1) is 16.9. The smallest absolute Gasteiger partial charge is 0.310 e. The number of carbonyl (C=O) groups excluding carboxylic acids is 2. The lowest BCUT2D eigenvalue weighted by molar-refractivity contribution is -0.160. The van der Waals surface area contributed by atoms with Gasteiger partial charge in [0.1, 0.15) is 13.2 Å². The van der Waals surface area contributed by atoms with Crippen molar-refractivity contribution < 1.29 is 29.0 Å². The molecular formula is C13H18O6. The van der Waals surface area contributed by atoms with Crippen LogP contribution in [-0.4, -0.2) is 36.2 Å². The van der Waals surface area contributed by atoms with Crippen molar-refractivity contribution in [2.24, 2.45) is 11.8 Å². The Hall–Kier alpha value is -2.11. The first-order valence-electron chi connectivity index (χ1n) is 5.70. The van der Waals surface area contributed by atoms with Gasteiger partial charge in [-0.3, -0.25) is 14.4 Å². The van der Waals surface area contributed by atoms with Crippen molar-refractivity contribution in [3.8, 4) is 0 Å². The Labute approximate surface area is 111 Å². The Morgan fingerprint density at radius 3 is 2.16 bits per heavy atom. The third-order valence-corrected chi connectivity index (χ3v) is 2.39. The minimum Gasteiger partial charge on any atom is -0.481 e. The van der Waals surface area contributed by atoms with Gasteiger partial charge in [0.15, 0.2) is 0 Å². The quantitative estimate of drug-likeness (QED) is 0.499. The van der Waals surface area contributed by atoms with E-state index < -0.39 is 29.7 Å². The zero-order valence-electron chi connectivity index (χ0n) is 10.8. The Morgan fingerprint density at radius 2 is 1.68 bits per heavy atom. The number of rotatable bonds is 9. The normalized spacial score (nSPS) is 12.9. The minimum atomic E-state index is -1.18. The van der Waals surface area contributed by atoms with Crippen LogP contribution < -0.4 is 0 Å². The van der Waals surface area contributed by atoms with Gasteiger partial charge < -0.3 is 14.6 Å². The number of hydrogen-bond donors (Lipinski definition) is 1. The first-order chi connectivity index (χ1) is 8.93. The molecule has 0 aliphatic carbocycles. The van der Waals surface area contributed by atoms with Crippen LogP contribution in [0.1, 0.15) is 13.3 Å². The van der Waals surface area contributed by atoms with Crippen LogP contribution in [0.5, 0.6) is 0 Å². The summed E-state index contributed by atoms with van der Waals surface area (Å²) in [5.74, 6) is -4.75. The molecule has 6 heteroatoms. The second-order valence-electron chi connectivity index (χ2n) is 3.83. The van der Waals surface area contributed by atoms with Crippen LogP contribution in [0.15, 0.2) is 25.3 Å². The largest absolute Gasteiger partial charge is 0.481 e. The molecule has 19 heavy (non-hydrogen) atoms. The predicted molar refractivity (Wildman–Crippen MR) is 67.2 cm³/mol. The Balaban J connectivity index is 4.70. The van der Waals surface area contributed by atoms with Gasteiger partial charge in [-0.1, -0.05) is 32.2 Å². The molecule has 2 atom stereocenters. The van der Waals surface area contributed by atoms with Crippen LogP contribution in [0.3, 0.4) is 0 Å². The fourth-order valence-electron chi connectivity index (χ4n) is 1.27. The van der Waals surface area contributed by atoms with Crippen LogP contribution in [0.2, 0.25) is 0 Å². The van der Waals surface area contributed by atoms with E-state index in [1.165, 1.54) is 19.1 Å². The lowest BCUT2D eigenvalue weighted by Gasteiger charge is -2.18. The van der Waals surface area contributed by atoms with Crippen molar-refractivity contribution in [3.63, 3.8) is 0 Å². The molecule has 1 N–H and O–H groups in total. The van der Waals surface area contributed by atoms with E-state index in [1.54, 1.807) is 0 Å². The molecule has 0 amide bonds. The van der Waals surface area contributed by atoms with Gasteiger partial charge in [0, 0.05) is 0 Å². The van der Waals surface area contributed by atoms with Crippen molar-refractivity contribution in [3.05, 3.63) is 25.3 Å². The van der Waals surface area contributed by atoms with E-state index in [4.69, 9.17) is 14.6 Å². The number of carboxylic acid groups (broad SMARTS) is 1. The number of carboxylic acids is 1. The molecular weight excluding hydrogens is 252 g/mol. The molecule has 106 valence electrons. The van der Waals surface area contributed by atoms with E-state index in [0.29, 0.717) is 0 Å². The molecule has 0 spiro atoms. The summed E-state index contributed by atoms with van der Waals surface area (Å²) in [4.78, 5) is 34.0. The Morgan fingerprint density at radius 1 is 1.16 bits per heavy atom. The molecule has 0 aliphatic rings. The summed E-state index contributed by atoms with van der Waals surface area (Å²) in [5.41, 5.74) is 0. The first-order valence-corrected chi connectivity index (χ1v) is 5.70. The minimum absolute atomic E-state index is 0.00864. The van der Waals surface area contributed by atoms with Crippen molar-refractivity contribution in [2.45, 2.75) is 13.3 Å². The third-order valence-electron chi connectivity index (χ3n) is 2.39. The number of aliphatic carboxylic acids is 1. The lowest BCUT2D eigenvalue weighted by atomic mass is 9.91. The number of carbonyl (C=O) groups is 3. The highest BCUT2D eigenvalue weighted by atomic mass is 16.5. The molecule has 0 radical (unpaired) electrons. The maximum absolute atomic E-state index is 11.7. The lowest BCUT2D eigenvalue weighted by Crippen LogP contribution is -2.32. The molecule has 0 saturated heterocycles. The standard InChI is InChI=1S/C13H18O6/c1-4-6-18-11(14)8-10(9(3)12(15)16)13(17)19-7-5-2/h4-5,9-10H,1-2,6-8H2,3H3,(H,15,16). The fourth-order valence-corrected chi connectivity index (χ4v) is 1.27. The SMILES string of the molecule is C=CCOC(=O)CC(C(=O)OCC=C)C(C)C(=O)O. The zero-order valence-corrected chi connectivity index (χ0v) is 10.8. The molecule has 6 nitrogen and oxygen atoms in total. The van der Waals surface area contributed by atoms with Crippen LogP contribution in [-0.2, 0) is 23.9 Å². The molecule has 0 bridgehead atoms. The fraction of sp³-hybridized carbons (Fsp3) is 0.462. The maximum Gasteiger partial charge on any atom is 0.310 e. The molecule has 0 aromatic carbocycles. The van der Waals surface area contributed by atoms with Gasteiger partial charge in [-0.25, -0.2) is 0 Å². The van der Waals surface area contributed by atoms with E-state index in [0.717, 1.165) is 0 Å². The highest BCUT2D eigenvalue weighted by Crippen LogP contribution is 2.19. The molecule has 0 aliphatic heterocycles. The van der Waals surface area contributed by atoms with E-state index in [-0.39, 0.29) is 19.6 Å². The van der Waals surface area contributed by atoms with Crippen LogP contribution in [0.4, 0.5) is 0 Å². The van der Waals surface area contributed by atoms with E-state index >= 15 is 0 Å². The summed E-state index contributed by atoms with van der Waals surface area (Å²) in [6, 6.07) is 0. The van der Waals surface area contributed by atoms with E-state index in [2.05, 4.69) is 13.2 Å². The topological polar surface area (TPSA) is 89.9 Å². The Bertz CT molecular complexity index is 360. The summed E-state index contributed by atoms with van der Waals surface area (Å²) < 4.78 is 9.51. The Kier molecular flexibility index (Phi) is 7.92. The monoisotopic (exact) mass is 270 g/mol. The van der Waals surface area contributed by atoms with Gasteiger partial charge in [-0.05, 0) is 0 Å². The zero-order chi connectivity index (χ0) is 14.8. The van der Waals surface area contributed by atoms with Gasteiger partial charge in [-0.15, -0.1) is 0 Å². The summed E-state index contributed by atoms with van der Waals surface area (Å²) in [6.45, 7) is 8.06. The summed E-state index contributed by atoms with van der Waals surface area (Å²) in [5, 5.41) is 8.92. The van der Waals surface area contributed by atoms with Crippen molar-refractivity contribution in [1.29, 1.82) is 0 Å². The number of ether oxygens (including phenoxy) is 2. The van der Waals surface area contributed by atoms with Crippen molar-refractivity contribution >= 4 is 17.9 Å². The van der Waals surface area contributed by atoms with Gasteiger partial charge in [0.2, 0.25) is 0 Å². The van der Waals surface area contributed by atoms with Crippen LogP contribution in [0.25, 0.3) is 0 Å². The van der Waals surface area contributed by atoms with Crippen LogP contribution >= 0.6 is 0 Å². The molecule has 0 heterocycles. The van der Waals surface area contributed by atoms with Crippen molar-refractivity contribution in [2.75, 3.05) is 13.2 Å². The second-order valence-corrected chi connectivity index (χ2v) is 3.83. The van der Waals surface area contributed by atoms with E-state index in [9.17, 15) is 14.4 Å². The summed E-state index contributed by atoms with van der Waals surface area (Å²) >= 11 is 0. The maximum atomic E-state index is 11.7. The molecule has 2 unspecified atom stereocenters. The molecule has 0 aromatic heterocycles. The van der Waals surface area contributed by atoms with Gasteiger partial charge >= 0.3 is 17.9 Å².